The van der Waals surface area contributed by atoms with Gasteiger partial charge < -0.3 is 0 Å². The van der Waals surface area contributed by atoms with E-state index < -0.39 is 10.0 Å². The monoisotopic (exact) mass is 324 g/mol. The average Bonchev–Trinajstić information content (AvgIpc) is 2.82. The summed E-state index contributed by atoms with van der Waals surface area (Å²) >= 11 is 5.79. The Bertz CT molecular complexity index is 923. The molecule has 8 nitrogen and oxygen atoms in total. The fourth-order valence-electron chi connectivity index (χ4n) is 1.75. The number of aromatic nitrogens is 5. The molecule has 0 radical (unpaired) electrons. The Hall–Kier alpha value is -2.26. The zero-order valence-electron chi connectivity index (χ0n) is 10.7. The van der Waals surface area contributed by atoms with Crippen molar-refractivity contribution in [2.75, 3.05) is 4.72 Å². The van der Waals surface area contributed by atoms with Crippen molar-refractivity contribution < 1.29 is 8.42 Å². The molecule has 0 saturated heterocycles. The lowest BCUT2D eigenvalue weighted by Crippen LogP contribution is -2.14. The first kappa shape index (κ1) is 13.7. The molecule has 0 spiro atoms. The summed E-state index contributed by atoms with van der Waals surface area (Å²) in [4.78, 5) is 5.33. The first-order valence-electron chi connectivity index (χ1n) is 5.77. The molecule has 1 aromatic carbocycles. The Morgan fingerprint density at radius 2 is 2.05 bits per heavy atom. The van der Waals surface area contributed by atoms with Gasteiger partial charge in [-0.1, -0.05) is 16.7 Å². The van der Waals surface area contributed by atoms with E-state index in [4.69, 9.17) is 11.6 Å². The van der Waals surface area contributed by atoms with Crippen molar-refractivity contribution in [3.63, 3.8) is 0 Å². The predicted octanol–water partition coefficient (Wildman–Crippen LogP) is 1.21. The third-order valence-electron chi connectivity index (χ3n) is 2.67. The lowest BCUT2D eigenvalue weighted by Gasteiger charge is -2.05. The third-order valence-corrected chi connectivity index (χ3v) is 4.21. The lowest BCUT2D eigenvalue weighted by atomic mass is 10.2. The van der Waals surface area contributed by atoms with Crippen LogP contribution in [0.3, 0.4) is 0 Å². The maximum Gasteiger partial charge on any atom is 0.277 e. The summed E-state index contributed by atoms with van der Waals surface area (Å²) in [6.45, 7) is 0. The number of sulfonamides is 1. The van der Waals surface area contributed by atoms with E-state index in [-0.39, 0.29) is 10.8 Å². The molecule has 0 aliphatic carbocycles. The molecule has 0 fully saturated rings. The molecule has 0 aliphatic heterocycles. The van der Waals surface area contributed by atoms with Crippen LogP contribution >= 0.6 is 11.6 Å². The third kappa shape index (κ3) is 2.78. The number of tetrazole rings is 1. The van der Waals surface area contributed by atoms with Gasteiger partial charge in [-0.25, -0.2) is 18.1 Å². The SMILES string of the molecule is Cn1nnc(NS(=O)(=O)c2ccc3nc(Cl)ccc3c2)n1. The fourth-order valence-corrected chi connectivity index (χ4v) is 2.87. The van der Waals surface area contributed by atoms with Crippen molar-refractivity contribution in [3.8, 4) is 0 Å². The molecule has 0 saturated carbocycles. The van der Waals surface area contributed by atoms with E-state index in [9.17, 15) is 8.42 Å². The first-order chi connectivity index (χ1) is 9.94. The highest BCUT2D eigenvalue weighted by atomic mass is 35.5. The van der Waals surface area contributed by atoms with Crippen LogP contribution in [-0.2, 0) is 17.1 Å². The van der Waals surface area contributed by atoms with Gasteiger partial charge in [-0.15, -0.1) is 5.10 Å². The molecule has 21 heavy (non-hydrogen) atoms. The van der Waals surface area contributed by atoms with E-state index in [2.05, 4.69) is 25.1 Å². The molecule has 0 aliphatic rings. The Morgan fingerprint density at radius 3 is 2.76 bits per heavy atom. The summed E-state index contributed by atoms with van der Waals surface area (Å²) < 4.78 is 26.7. The quantitative estimate of drug-likeness (QED) is 0.726. The van der Waals surface area contributed by atoms with Crippen LogP contribution < -0.4 is 4.72 Å². The number of aryl methyl sites for hydroxylation is 1. The van der Waals surface area contributed by atoms with Gasteiger partial charge in [0.2, 0.25) is 0 Å². The van der Waals surface area contributed by atoms with Crippen molar-refractivity contribution in [2.45, 2.75) is 4.90 Å². The van der Waals surface area contributed by atoms with Crippen LogP contribution in [0.15, 0.2) is 35.2 Å². The number of pyridine rings is 1. The number of hydrogen-bond donors (Lipinski definition) is 1. The molecule has 2 aromatic heterocycles. The van der Waals surface area contributed by atoms with Gasteiger partial charge in [-0.2, -0.15) is 4.80 Å². The maximum absolute atomic E-state index is 12.2. The Kier molecular flexibility index (Phi) is 3.22. The molecule has 0 bridgehead atoms. The summed E-state index contributed by atoms with van der Waals surface area (Å²) in [7, 11) is -2.25. The fraction of sp³-hybridized carbons (Fsp3) is 0.0909. The molecular formula is C11H9ClN6O2S. The summed E-state index contributed by atoms with van der Waals surface area (Å²) in [5, 5.41) is 11.9. The highest BCUT2D eigenvalue weighted by Crippen LogP contribution is 2.20. The van der Waals surface area contributed by atoms with Gasteiger partial charge in [0.25, 0.3) is 16.0 Å². The second kappa shape index (κ2) is 4.93. The number of hydrogen-bond acceptors (Lipinski definition) is 6. The number of rotatable bonds is 3. The number of nitrogens with zero attached hydrogens (tertiary/aromatic N) is 5. The number of fused-ring (bicyclic) bond motifs is 1. The van der Waals surface area contributed by atoms with Crippen LogP contribution in [0.4, 0.5) is 5.95 Å². The Balaban J connectivity index is 2.00. The lowest BCUT2D eigenvalue weighted by molar-refractivity contribution is 0.600. The highest BCUT2D eigenvalue weighted by molar-refractivity contribution is 7.92. The minimum Gasteiger partial charge on any atom is -0.245 e. The summed E-state index contributed by atoms with van der Waals surface area (Å²) in [6, 6.07) is 7.81. The van der Waals surface area contributed by atoms with Crippen molar-refractivity contribution in [2.24, 2.45) is 7.05 Å². The van der Waals surface area contributed by atoms with Gasteiger partial charge >= 0.3 is 0 Å². The van der Waals surface area contributed by atoms with Crippen LogP contribution in [0.2, 0.25) is 5.15 Å². The van der Waals surface area contributed by atoms with Crippen LogP contribution in [0.25, 0.3) is 10.9 Å². The van der Waals surface area contributed by atoms with Crippen molar-refractivity contribution in [1.82, 2.24) is 25.2 Å². The Morgan fingerprint density at radius 1 is 1.24 bits per heavy atom. The smallest absolute Gasteiger partial charge is 0.245 e. The van der Waals surface area contributed by atoms with Crippen molar-refractivity contribution in [1.29, 1.82) is 0 Å². The normalized spacial score (nSPS) is 11.7. The number of nitrogens with one attached hydrogen (secondary N) is 1. The second-order valence-electron chi connectivity index (χ2n) is 4.20. The molecule has 3 aromatic rings. The van der Waals surface area contributed by atoms with Crippen molar-refractivity contribution >= 4 is 38.5 Å². The maximum atomic E-state index is 12.2. The van der Waals surface area contributed by atoms with E-state index in [1.807, 2.05) is 0 Å². The first-order valence-corrected chi connectivity index (χ1v) is 7.63. The van der Waals surface area contributed by atoms with Crippen LogP contribution in [0.5, 0.6) is 0 Å². The number of benzene rings is 1. The molecule has 108 valence electrons. The van der Waals surface area contributed by atoms with E-state index in [0.29, 0.717) is 16.1 Å². The molecule has 2 heterocycles. The van der Waals surface area contributed by atoms with E-state index in [1.165, 1.54) is 19.2 Å². The predicted molar refractivity (Wildman–Crippen MR) is 76.4 cm³/mol. The Labute approximate surface area is 124 Å². The minimum absolute atomic E-state index is 0.0755. The average molecular weight is 325 g/mol. The molecule has 0 amide bonds. The molecule has 3 rings (SSSR count). The second-order valence-corrected chi connectivity index (χ2v) is 6.27. The summed E-state index contributed by atoms with van der Waals surface area (Å²) in [5.41, 5.74) is 0.610. The van der Waals surface area contributed by atoms with Gasteiger partial charge in [0, 0.05) is 5.39 Å². The molecular weight excluding hydrogens is 316 g/mol. The molecule has 0 atom stereocenters. The topological polar surface area (TPSA) is 103 Å². The zero-order chi connectivity index (χ0) is 15.0. The van der Waals surface area contributed by atoms with Gasteiger partial charge in [-0.05, 0) is 35.5 Å². The van der Waals surface area contributed by atoms with Gasteiger partial charge in [-0.3, -0.25) is 0 Å². The summed E-state index contributed by atoms with van der Waals surface area (Å²) in [6.07, 6.45) is 0. The van der Waals surface area contributed by atoms with E-state index in [1.54, 1.807) is 18.2 Å². The largest absolute Gasteiger partial charge is 0.277 e. The van der Waals surface area contributed by atoms with Crippen LogP contribution in [-0.4, -0.2) is 33.6 Å². The number of halogens is 1. The summed E-state index contributed by atoms with van der Waals surface area (Å²) in [5.74, 6) is -0.0909. The molecule has 1 N–H and O–H groups in total. The minimum atomic E-state index is -3.79. The van der Waals surface area contributed by atoms with E-state index in [0.717, 1.165) is 4.80 Å². The van der Waals surface area contributed by atoms with Gasteiger partial charge in [0.15, 0.2) is 0 Å². The zero-order valence-corrected chi connectivity index (χ0v) is 12.3. The van der Waals surface area contributed by atoms with Gasteiger partial charge in [0.1, 0.15) is 5.15 Å². The van der Waals surface area contributed by atoms with Crippen LogP contribution in [0.1, 0.15) is 0 Å². The van der Waals surface area contributed by atoms with Gasteiger partial charge in [0.05, 0.1) is 17.5 Å². The molecule has 10 heteroatoms. The van der Waals surface area contributed by atoms with Crippen LogP contribution in [0, 0.1) is 0 Å². The number of anilines is 1. The standard InChI is InChI=1S/C11H9ClN6O2S/c1-18-15-11(14-17-18)16-21(19,20)8-3-4-9-7(6-8)2-5-10(12)13-9/h2-6H,1H3,(H,15,16). The van der Waals surface area contributed by atoms with E-state index >= 15 is 0 Å². The van der Waals surface area contributed by atoms with Crippen molar-refractivity contribution in [3.05, 3.63) is 35.5 Å². The molecule has 0 unspecified atom stereocenters. The highest BCUT2D eigenvalue weighted by Gasteiger charge is 2.17.